The summed E-state index contributed by atoms with van der Waals surface area (Å²) < 4.78 is 0. The van der Waals surface area contributed by atoms with Crippen molar-refractivity contribution in [3.05, 3.63) is 54.0 Å². The van der Waals surface area contributed by atoms with E-state index in [-0.39, 0.29) is 0 Å². The van der Waals surface area contributed by atoms with Crippen molar-refractivity contribution in [2.45, 2.75) is 26.9 Å². The number of rotatable bonds is 7. The molecular weight excluding hydrogens is 260 g/mol. The maximum absolute atomic E-state index is 4.70. The molecule has 0 saturated heterocycles. The lowest BCUT2D eigenvalue weighted by Gasteiger charge is -2.18. The quantitative estimate of drug-likeness (QED) is 0.849. The van der Waals surface area contributed by atoms with Crippen molar-refractivity contribution in [3.8, 4) is 0 Å². The van der Waals surface area contributed by atoms with E-state index < -0.39 is 0 Å². The molecule has 0 radical (unpaired) electrons. The van der Waals surface area contributed by atoms with Crippen molar-refractivity contribution in [1.29, 1.82) is 0 Å². The zero-order valence-corrected chi connectivity index (χ0v) is 13.1. The summed E-state index contributed by atoms with van der Waals surface area (Å²) in [7, 11) is 2.04. The van der Waals surface area contributed by atoms with Crippen molar-refractivity contribution in [1.82, 2.24) is 15.3 Å². The molecule has 0 aliphatic heterocycles. The first-order chi connectivity index (χ1) is 10.1. The summed E-state index contributed by atoms with van der Waals surface area (Å²) >= 11 is 0. The zero-order chi connectivity index (χ0) is 15.1. The first-order valence-corrected chi connectivity index (χ1v) is 7.43. The Hall–Kier alpha value is -1.94. The normalized spacial score (nSPS) is 10.9. The Morgan fingerprint density at radius 1 is 1.10 bits per heavy atom. The number of aromatic nitrogens is 2. The summed E-state index contributed by atoms with van der Waals surface area (Å²) in [5, 5.41) is 3.42. The fourth-order valence-electron chi connectivity index (χ4n) is 2.08. The highest BCUT2D eigenvalue weighted by Gasteiger charge is 2.05. The maximum atomic E-state index is 4.70. The zero-order valence-electron chi connectivity index (χ0n) is 13.1. The standard InChI is InChI=1S/C17H24N4/c1-14(2)11-18-12-15-8-6-9-17(20-15)21(3)13-16-7-4-5-10-19-16/h4-10,14,18H,11-13H2,1-3H3. The van der Waals surface area contributed by atoms with Crippen LogP contribution in [0.1, 0.15) is 25.2 Å². The van der Waals surface area contributed by atoms with Gasteiger partial charge in [-0.15, -0.1) is 0 Å². The molecule has 1 N–H and O–H groups in total. The van der Waals surface area contributed by atoms with Crippen LogP contribution in [0.25, 0.3) is 0 Å². The molecule has 21 heavy (non-hydrogen) atoms. The Balaban J connectivity index is 1.96. The average Bonchev–Trinajstić information content (AvgIpc) is 2.48. The first kappa shape index (κ1) is 15.4. The van der Waals surface area contributed by atoms with E-state index >= 15 is 0 Å². The molecule has 4 nitrogen and oxygen atoms in total. The SMILES string of the molecule is CC(C)CNCc1cccc(N(C)Cc2ccccn2)n1. The van der Waals surface area contributed by atoms with Crippen LogP contribution < -0.4 is 10.2 Å². The lowest BCUT2D eigenvalue weighted by Crippen LogP contribution is -2.21. The molecule has 0 atom stereocenters. The van der Waals surface area contributed by atoms with E-state index in [1.165, 1.54) is 0 Å². The van der Waals surface area contributed by atoms with Gasteiger partial charge in [-0.2, -0.15) is 0 Å². The second-order valence-corrected chi connectivity index (χ2v) is 5.69. The van der Waals surface area contributed by atoms with Crippen LogP contribution in [0.15, 0.2) is 42.6 Å². The Morgan fingerprint density at radius 3 is 2.62 bits per heavy atom. The van der Waals surface area contributed by atoms with Gasteiger partial charge in [0.15, 0.2) is 0 Å². The second-order valence-electron chi connectivity index (χ2n) is 5.69. The van der Waals surface area contributed by atoms with E-state index in [9.17, 15) is 0 Å². The van der Waals surface area contributed by atoms with Crippen LogP contribution in [0.2, 0.25) is 0 Å². The monoisotopic (exact) mass is 284 g/mol. The summed E-state index contributed by atoms with van der Waals surface area (Å²) in [5.41, 5.74) is 2.12. The van der Waals surface area contributed by atoms with Crippen molar-refractivity contribution < 1.29 is 0 Å². The van der Waals surface area contributed by atoms with Crippen LogP contribution in [-0.2, 0) is 13.1 Å². The van der Waals surface area contributed by atoms with Crippen LogP contribution in [-0.4, -0.2) is 23.6 Å². The van der Waals surface area contributed by atoms with Crippen molar-refractivity contribution in [3.63, 3.8) is 0 Å². The fraction of sp³-hybridized carbons (Fsp3) is 0.412. The molecule has 0 spiro atoms. The molecule has 0 unspecified atom stereocenters. The van der Waals surface area contributed by atoms with Gasteiger partial charge in [0.1, 0.15) is 5.82 Å². The largest absolute Gasteiger partial charge is 0.354 e. The van der Waals surface area contributed by atoms with Gasteiger partial charge in [0, 0.05) is 19.8 Å². The Morgan fingerprint density at radius 2 is 1.90 bits per heavy atom. The lowest BCUT2D eigenvalue weighted by atomic mass is 10.2. The van der Waals surface area contributed by atoms with Gasteiger partial charge in [-0.1, -0.05) is 26.0 Å². The fourth-order valence-corrected chi connectivity index (χ4v) is 2.08. The summed E-state index contributed by atoms with van der Waals surface area (Å²) in [4.78, 5) is 11.2. The number of pyridine rings is 2. The minimum atomic E-state index is 0.653. The van der Waals surface area contributed by atoms with Gasteiger partial charge >= 0.3 is 0 Å². The third-order valence-corrected chi connectivity index (χ3v) is 3.17. The summed E-state index contributed by atoms with van der Waals surface area (Å²) in [6.07, 6.45) is 1.82. The van der Waals surface area contributed by atoms with E-state index in [1.807, 2.05) is 37.5 Å². The van der Waals surface area contributed by atoms with Crippen LogP contribution in [0.3, 0.4) is 0 Å². The minimum Gasteiger partial charge on any atom is -0.354 e. The molecule has 2 heterocycles. The number of hydrogen-bond donors (Lipinski definition) is 1. The summed E-state index contributed by atoms with van der Waals surface area (Å²) in [5.74, 6) is 1.63. The Labute approximate surface area is 127 Å². The molecule has 112 valence electrons. The van der Waals surface area contributed by atoms with Gasteiger partial charge in [-0.3, -0.25) is 4.98 Å². The molecule has 0 aliphatic carbocycles. The number of nitrogens with zero attached hydrogens (tertiary/aromatic N) is 3. The molecule has 0 bridgehead atoms. The second kappa shape index (κ2) is 7.74. The highest BCUT2D eigenvalue weighted by atomic mass is 15.2. The van der Waals surface area contributed by atoms with Crippen LogP contribution in [0, 0.1) is 5.92 Å². The van der Waals surface area contributed by atoms with Gasteiger partial charge < -0.3 is 10.2 Å². The third kappa shape index (κ3) is 5.16. The van der Waals surface area contributed by atoms with Crippen LogP contribution in [0.5, 0.6) is 0 Å². The van der Waals surface area contributed by atoms with Crippen LogP contribution in [0.4, 0.5) is 5.82 Å². The van der Waals surface area contributed by atoms with Crippen molar-refractivity contribution in [2.24, 2.45) is 5.92 Å². The topological polar surface area (TPSA) is 41.0 Å². The van der Waals surface area contributed by atoms with Gasteiger partial charge in [0.2, 0.25) is 0 Å². The molecule has 2 aromatic rings. The van der Waals surface area contributed by atoms with Crippen molar-refractivity contribution in [2.75, 3.05) is 18.5 Å². The highest BCUT2D eigenvalue weighted by Crippen LogP contribution is 2.12. The van der Waals surface area contributed by atoms with E-state index in [4.69, 9.17) is 4.98 Å². The summed E-state index contributed by atoms with van der Waals surface area (Å²) in [6.45, 7) is 6.99. The lowest BCUT2D eigenvalue weighted by molar-refractivity contribution is 0.548. The van der Waals surface area contributed by atoms with E-state index in [2.05, 4.69) is 41.2 Å². The minimum absolute atomic E-state index is 0.653. The Bertz CT molecular complexity index is 539. The molecule has 0 fully saturated rings. The van der Waals surface area contributed by atoms with Gasteiger partial charge in [0.25, 0.3) is 0 Å². The average molecular weight is 284 g/mol. The molecule has 0 amide bonds. The highest BCUT2D eigenvalue weighted by molar-refractivity contribution is 5.38. The smallest absolute Gasteiger partial charge is 0.128 e. The van der Waals surface area contributed by atoms with Gasteiger partial charge in [-0.25, -0.2) is 4.98 Å². The number of anilines is 1. The van der Waals surface area contributed by atoms with Gasteiger partial charge in [-0.05, 0) is 36.7 Å². The first-order valence-electron chi connectivity index (χ1n) is 7.43. The van der Waals surface area contributed by atoms with E-state index in [0.717, 1.165) is 36.8 Å². The third-order valence-electron chi connectivity index (χ3n) is 3.17. The van der Waals surface area contributed by atoms with E-state index in [0.29, 0.717) is 5.92 Å². The van der Waals surface area contributed by atoms with Crippen LogP contribution >= 0.6 is 0 Å². The molecule has 2 rings (SSSR count). The van der Waals surface area contributed by atoms with Crippen molar-refractivity contribution >= 4 is 5.82 Å². The molecule has 0 saturated carbocycles. The molecule has 0 aliphatic rings. The Kier molecular flexibility index (Phi) is 5.69. The predicted molar refractivity (Wildman–Crippen MR) is 87.1 cm³/mol. The van der Waals surface area contributed by atoms with Gasteiger partial charge in [0.05, 0.1) is 17.9 Å². The summed E-state index contributed by atoms with van der Waals surface area (Å²) in [6, 6.07) is 12.1. The number of nitrogens with one attached hydrogen (secondary N) is 1. The molecule has 4 heteroatoms. The maximum Gasteiger partial charge on any atom is 0.128 e. The molecular formula is C17H24N4. The molecule has 2 aromatic heterocycles. The molecule has 0 aromatic carbocycles. The predicted octanol–water partition coefficient (Wildman–Crippen LogP) is 2.86. The van der Waals surface area contributed by atoms with E-state index in [1.54, 1.807) is 0 Å². The number of hydrogen-bond acceptors (Lipinski definition) is 4.